The Balaban J connectivity index is 1.83. The predicted octanol–water partition coefficient (Wildman–Crippen LogP) is 1.37. The summed E-state index contributed by atoms with van der Waals surface area (Å²) >= 11 is 0. The van der Waals surface area contributed by atoms with Crippen molar-refractivity contribution in [1.29, 1.82) is 0 Å². The van der Waals surface area contributed by atoms with E-state index < -0.39 is 0 Å². The molecule has 1 saturated carbocycles. The van der Waals surface area contributed by atoms with Crippen LogP contribution in [0, 0.1) is 0 Å². The van der Waals surface area contributed by atoms with Crippen molar-refractivity contribution in [2.75, 3.05) is 26.2 Å². The minimum Gasteiger partial charge on any atom is -0.376 e. The summed E-state index contributed by atoms with van der Waals surface area (Å²) < 4.78 is 5.55. The first-order valence-electron chi connectivity index (χ1n) is 6.31. The molecule has 1 heterocycles. The second kappa shape index (κ2) is 4.81. The third-order valence-corrected chi connectivity index (χ3v) is 3.71. The Morgan fingerprint density at radius 1 is 1.33 bits per heavy atom. The maximum atomic E-state index is 6.45. The van der Waals surface area contributed by atoms with Gasteiger partial charge in [0.1, 0.15) is 0 Å². The van der Waals surface area contributed by atoms with Gasteiger partial charge in [0.2, 0.25) is 0 Å². The lowest BCUT2D eigenvalue weighted by Crippen LogP contribution is -2.54. The highest BCUT2D eigenvalue weighted by atomic mass is 16.5. The highest BCUT2D eigenvalue weighted by molar-refractivity contribution is 4.91. The first-order chi connectivity index (χ1) is 7.18. The lowest BCUT2D eigenvalue weighted by molar-refractivity contribution is -0.0271. The van der Waals surface area contributed by atoms with Crippen molar-refractivity contribution < 1.29 is 4.74 Å². The maximum absolute atomic E-state index is 6.45. The van der Waals surface area contributed by atoms with E-state index in [1.165, 1.54) is 32.1 Å². The number of rotatable bonds is 2. The molecule has 0 aromatic carbocycles. The fourth-order valence-electron chi connectivity index (χ4n) is 2.89. The fourth-order valence-corrected chi connectivity index (χ4v) is 2.89. The molecule has 0 aromatic rings. The number of nitrogens with two attached hydrogens (primary N) is 1. The number of nitrogens with zero attached hydrogens (tertiary/aromatic N) is 1. The molecule has 0 spiro atoms. The zero-order chi connectivity index (χ0) is 10.7. The Morgan fingerprint density at radius 3 is 2.73 bits per heavy atom. The average molecular weight is 212 g/mol. The Morgan fingerprint density at radius 2 is 2.07 bits per heavy atom. The summed E-state index contributed by atoms with van der Waals surface area (Å²) in [5.74, 6) is 0. The molecule has 1 atom stereocenters. The lowest BCUT2D eigenvalue weighted by atomic mass is 9.82. The lowest BCUT2D eigenvalue weighted by Gasteiger charge is -2.40. The van der Waals surface area contributed by atoms with Gasteiger partial charge in [-0.25, -0.2) is 0 Å². The van der Waals surface area contributed by atoms with Crippen LogP contribution in [0.4, 0.5) is 0 Å². The summed E-state index contributed by atoms with van der Waals surface area (Å²) in [5.41, 5.74) is 6.55. The molecule has 2 aliphatic rings. The summed E-state index contributed by atoms with van der Waals surface area (Å²) in [7, 11) is 0. The predicted molar refractivity (Wildman–Crippen MR) is 61.9 cm³/mol. The molecule has 0 amide bonds. The molecule has 2 N–H and O–H groups in total. The first kappa shape index (κ1) is 11.4. The van der Waals surface area contributed by atoms with Gasteiger partial charge in [0.15, 0.2) is 0 Å². The van der Waals surface area contributed by atoms with E-state index in [4.69, 9.17) is 10.5 Å². The number of morpholine rings is 1. The Hall–Kier alpha value is -0.120. The largest absolute Gasteiger partial charge is 0.376 e. The van der Waals surface area contributed by atoms with E-state index in [0.29, 0.717) is 6.10 Å². The monoisotopic (exact) mass is 212 g/mol. The Labute approximate surface area is 93.0 Å². The van der Waals surface area contributed by atoms with Crippen LogP contribution in [-0.4, -0.2) is 42.8 Å². The van der Waals surface area contributed by atoms with Gasteiger partial charge in [-0.2, -0.15) is 0 Å². The molecular formula is C12H24N2O. The van der Waals surface area contributed by atoms with Gasteiger partial charge < -0.3 is 10.5 Å². The van der Waals surface area contributed by atoms with Crippen LogP contribution in [0.3, 0.4) is 0 Å². The Bertz CT molecular complexity index is 202. The van der Waals surface area contributed by atoms with Gasteiger partial charge in [-0.15, -0.1) is 0 Å². The zero-order valence-corrected chi connectivity index (χ0v) is 9.87. The molecular weight excluding hydrogens is 188 g/mol. The fraction of sp³-hybridized carbons (Fsp3) is 1.00. The van der Waals surface area contributed by atoms with Crippen LogP contribution < -0.4 is 5.73 Å². The van der Waals surface area contributed by atoms with Crippen LogP contribution >= 0.6 is 0 Å². The van der Waals surface area contributed by atoms with Crippen molar-refractivity contribution >= 4 is 0 Å². The van der Waals surface area contributed by atoms with E-state index in [9.17, 15) is 0 Å². The van der Waals surface area contributed by atoms with Crippen molar-refractivity contribution in [3.05, 3.63) is 0 Å². The smallest absolute Gasteiger partial charge is 0.0674 e. The second-order valence-electron chi connectivity index (χ2n) is 5.34. The second-order valence-corrected chi connectivity index (χ2v) is 5.34. The minimum absolute atomic E-state index is 0.0926. The summed E-state index contributed by atoms with van der Waals surface area (Å²) in [6.07, 6.45) is 6.80. The van der Waals surface area contributed by atoms with Gasteiger partial charge in [-0.1, -0.05) is 19.3 Å². The molecule has 0 radical (unpaired) electrons. The SMILES string of the molecule is CC1CN(CC2(N)CCCCC2)CCO1. The van der Waals surface area contributed by atoms with Gasteiger partial charge in [-0.3, -0.25) is 4.90 Å². The molecule has 2 fully saturated rings. The van der Waals surface area contributed by atoms with Gasteiger partial charge in [0.25, 0.3) is 0 Å². The average Bonchev–Trinajstić information content (AvgIpc) is 2.18. The highest BCUT2D eigenvalue weighted by Gasteiger charge is 2.31. The molecule has 88 valence electrons. The third kappa shape index (κ3) is 3.16. The molecule has 2 rings (SSSR count). The van der Waals surface area contributed by atoms with Crippen molar-refractivity contribution in [3.8, 4) is 0 Å². The topological polar surface area (TPSA) is 38.5 Å². The molecule has 3 heteroatoms. The van der Waals surface area contributed by atoms with Gasteiger partial charge in [0, 0.05) is 25.2 Å². The summed E-state index contributed by atoms with van der Waals surface area (Å²) in [6, 6.07) is 0. The molecule has 0 aromatic heterocycles. The van der Waals surface area contributed by atoms with E-state index in [2.05, 4.69) is 11.8 Å². The van der Waals surface area contributed by atoms with E-state index in [1.54, 1.807) is 0 Å². The first-order valence-corrected chi connectivity index (χ1v) is 6.31. The highest BCUT2D eigenvalue weighted by Crippen LogP contribution is 2.27. The molecule has 1 aliphatic carbocycles. The minimum atomic E-state index is 0.0926. The summed E-state index contributed by atoms with van der Waals surface area (Å²) in [5, 5.41) is 0. The Kier molecular flexibility index (Phi) is 3.65. The van der Waals surface area contributed by atoms with E-state index in [-0.39, 0.29) is 5.54 Å². The molecule has 0 bridgehead atoms. The molecule has 1 saturated heterocycles. The van der Waals surface area contributed by atoms with E-state index >= 15 is 0 Å². The number of hydrogen-bond acceptors (Lipinski definition) is 3. The third-order valence-electron chi connectivity index (χ3n) is 3.71. The number of hydrogen-bond donors (Lipinski definition) is 1. The quantitative estimate of drug-likeness (QED) is 0.751. The van der Waals surface area contributed by atoms with E-state index in [1.807, 2.05) is 0 Å². The van der Waals surface area contributed by atoms with Gasteiger partial charge in [0.05, 0.1) is 12.7 Å². The van der Waals surface area contributed by atoms with Crippen LogP contribution in [0.1, 0.15) is 39.0 Å². The summed E-state index contributed by atoms with van der Waals surface area (Å²) in [6.45, 7) is 6.20. The molecule has 3 nitrogen and oxygen atoms in total. The van der Waals surface area contributed by atoms with Crippen LogP contribution in [0.2, 0.25) is 0 Å². The van der Waals surface area contributed by atoms with Crippen molar-refractivity contribution in [2.45, 2.75) is 50.7 Å². The standard InChI is InChI=1S/C12H24N2O/c1-11-9-14(7-8-15-11)10-12(13)5-3-2-4-6-12/h11H,2-10,13H2,1H3. The van der Waals surface area contributed by atoms with Crippen molar-refractivity contribution in [3.63, 3.8) is 0 Å². The van der Waals surface area contributed by atoms with Crippen LogP contribution in [0.15, 0.2) is 0 Å². The molecule has 15 heavy (non-hydrogen) atoms. The van der Waals surface area contributed by atoms with Crippen molar-refractivity contribution in [2.24, 2.45) is 5.73 Å². The molecule has 1 unspecified atom stereocenters. The maximum Gasteiger partial charge on any atom is 0.0674 e. The normalized spacial score (nSPS) is 32.8. The van der Waals surface area contributed by atoms with Crippen molar-refractivity contribution in [1.82, 2.24) is 4.90 Å². The van der Waals surface area contributed by atoms with Crippen LogP contribution in [0.5, 0.6) is 0 Å². The summed E-state index contributed by atoms with van der Waals surface area (Å²) in [4.78, 5) is 2.49. The van der Waals surface area contributed by atoms with Gasteiger partial charge >= 0.3 is 0 Å². The van der Waals surface area contributed by atoms with Crippen LogP contribution in [0.25, 0.3) is 0 Å². The zero-order valence-electron chi connectivity index (χ0n) is 9.87. The van der Waals surface area contributed by atoms with Crippen LogP contribution in [-0.2, 0) is 4.74 Å². The van der Waals surface area contributed by atoms with E-state index in [0.717, 1.165) is 26.2 Å². The number of ether oxygens (including phenoxy) is 1. The molecule has 1 aliphatic heterocycles. The van der Waals surface area contributed by atoms with Gasteiger partial charge in [-0.05, 0) is 19.8 Å².